The van der Waals surface area contributed by atoms with Crippen LogP contribution in [0.3, 0.4) is 0 Å². The van der Waals surface area contributed by atoms with Crippen molar-refractivity contribution < 1.29 is 26.3 Å². The van der Waals surface area contributed by atoms with E-state index < -0.39 is 22.1 Å². The van der Waals surface area contributed by atoms with E-state index in [9.17, 15) is 21.6 Å². The standard InChI is InChI=1S/C22H25F3N4O3S/c23-22(24,25)32-17-6-8-18(9-7-17)33(30,31)29-12-10-16(11-13-29)19-2-1-3-20(28-19)21(26)27-14-15-4-5-15/h1-3,6-10,15,20,28H,4-5,11-14H2,(H2,26,27). The van der Waals surface area contributed by atoms with Crippen molar-refractivity contribution in [2.45, 2.75) is 36.6 Å². The van der Waals surface area contributed by atoms with E-state index in [1.807, 2.05) is 24.3 Å². The third-order valence-corrected chi connectivity index (χ3v) is 7.52. The molecule has 0 radical (unpaired) electrons. The van der Waals surface area contributed by atoms with Crippen LogP contribution in [0.25, 0.3) is 0 Å². The quantitative estimate of drug-likeness (QED) is 0.460. The normalized spacial score (nSPS) is 22.4. The summed E-state index contributed by atoms with van der Waals surface area (Å²) in [5.41, 5.74) is 7.98. The first kappa shape index (κ1) is 23.4. The molecule has 1 aromatic rings. The first-order valence-corrected chi connectivity index (χ1v) is 12.1. The van der Waals surface area contributed by atoms with Crippen molar-refractivity contribution in [2.75, 3.05) is 19.6 Å². The number of nitrogens with two attached hydrogens (primary N) is 1. The largest absolute Gasteiger partial charge is 0.573 e. The summed E-state index contributed by atoms with van der Waals surface area (Å²) in [6.07, 6.45) is 5.63. The molecule has 2 aliphatic heterocycles. The maximum absolute atomic E-state index is 12.9. The molecule has 1 fully saturated rings. The Labute approximate surface area is 190 Å². The van der Waals surface area contributed by atoms with Crippen molar-refractivity contribution in [1.29, 1.82) is 0 Å². The van der Waals surface area contributed by atoms with E-state index >= 15 is 0 Å². The van der Waals surface area contributed by atoms with Crippen LogP contribution in [0.4, 0.5) is 13.2 Å². The molecule has 3 aliphatic rings. The van der Waals surface area contributed by atoms with Gasteiger partial charge in [-0.3, -0.25) is 4.99 Å². The van der Waals surface area contributed by atoms with Crippen LogP contribution in [0.1, 0.15) is 19.3 Å². The summed E-state index contributed by atoms with van der Waals surface area (Å²) in [6.45, 7) is 1.14. The van der Waals surface area contributed by atoms with Crippen LogP contribution in [0.2, 0.25) is 0 Å². The number of hydrogen-bond acceptors (Lipinski definition) is 5. The number of aliphatic imine (C=N–C) groups is 1. The molecular formula is C22H25F3N4O3S. The van der Waals surface area contributed by atoms with Crippen molar-refractivity contribution in [3.8, 4) is 5.75 Å². The fourth-order valence-corrected chi connectivity index (χ4v) is 4.99. The van der Waals surface area contributed by atoms with Crippen molar-refractivity contribution in [2.24, 2.45) is 16.6 Å². The van der Waals surface area contributed by atoms with Gasteiger partial charge in [-0.05, 0) is 61.1 Å². The third kappa shape index (κ3) is 5.97. The Bertz CT molecular complexity index is 1100. The second-order valence-electron chi connectivity index (χ2n) is 8.16. The average molecular weight is 483 g/mol. The molecule has 0 aromatic heterocycles. The molecular weight excluding hydrogens is 457 g/mol. The number of ether oxygens (including phenoxy) is 1. The lowest BCUT2D eigenvalue weighted by Crippen LogP contribution is -2.42. The Hall–Kier alpha value is -2.79. The van der Waals surface area contributed by atoms with Crippen molar-refractivity contribution in [1.82, 2.24) is 9.62 Å². The van der Waals surface area contributed by atoms with E-state index in [-0.39, 0.29) is 24.0 Å². The predicted molar refractivity (Wildman–Crippen MR) is 118 cm³/mol. The van der Waals surface area contributed by atoms with Gasteiger partial charge in [-0.15, -0.1) is 13.2 Å². The average Bonchev–Trinajstić information content (AvgIpc) is 3.61. The maximum atomic E-state index is 12.9. The topological polar surface area (TPSA) is 97.0 Å². The molecule has 0 saturated heterocycles. The molecule has 178 valence electrons. The highest BCUT2D eigenvalue weighted by atomic mass is 32.2. The number of halogens is 3. The van der Waals surface area contributed by atoms with Crippen LogP contribution in [-0.4, -0.2) is 50.6 Å². The second kappa shape index (κ2) is 9.22. The number of allylic oxidation sites excluding steroid dienone is 3. The Balaban J connectivity index is 1.39. The zero-order valence-electron chi connectivity index (χ0n) is 17.8. The molecule has 7 nitrogen and oxygen atoms in total. The van der Waals surface area contributed by atoms with Gasteiger partial charge in [-0.1, -0.05) is 18.2 Å². The highest BCUT2D eigenvalue weighted by molar-refractivity contribution is 7.89. The van der Waals surface area contributed by atoms with Crippen LogP contribution >= 0.6 is 0 Å². The molecule has 1 atom stereocenters. The van der Waals surface area contributed by atoms with Crippen molar-refractivity contribution in [3.63, 3.8) is 0 Å². The van der Waals surface area contributed by atoms with Gasteiger partial charge in [-0.25, -0.2) is 8.42 Å². The highest BCUT2D eigenvalue weighted by Gasteiger charge is 2.32. The van der Waals surface area contributed by atoms with Gasteiger partial charge in [0.15, 0.2) is 0 Å². The predicted octanol–water partition coefficient (Wildman–Crippen LogP) is 3.09. The van der Waals surface area contributed by atoms with Crippen LogP contribution in [-0.2, 0) is 10.0 Å². The van der Waals surface area contributed by atoms with Gasteiger partial charge in [0, 0.05) is 25.3 Å². The van der Waals surface area contributed by atoms with Crippen LogP contribution in [0.5, 0.6) is 5.75 Å². The smallest absolute Gasteiger partial charge is 0.406 e. The minimum Gasteiger partial charge on any atom is -0.406 e. The summed E-state index contributed by atoms with van der Waals surface area (Å²) in [7, 11) is -3.85. The second-order valence-corrected chi connectivity index (χ2v) is 10.1. The summed E-state index contributed by atoms with van der Waals surface area (Å²) in [6, 6.07) is 4.00. The molecule has 3 N–H and O–H groups in total. The van der Waals surface area contributed by atoms with Crippen molar-refractivity contribution >= 4 is 15.9 Å². The number of nitrogens with one attached hydrogen (secondary N) is 1. The summed E-state index contributed by atoms with van der Waals surface area (Å²) < 4.78 is 67.8. The molecule has 33 heavy (non-hydrogen) atoms. The summed E-state index contributed by atoms with van der Waals surface area (Å²) in [5.74, 6) is 0.705. The number of dihydropyridines is 1. The van der Waals surface area contributed by atoms with Gasteiger partial charge in [0.2, 0.25) is 10.0 Å². The van der Waals surface area contributed by atoms with Gasteiger partial charge in [0.1, 0.15) is 17.6 Å². The van der Waals surface area contributed by atoms with Crippen LogP contribution in [0.15, 0.2) is 69.7 Å². The number of sulfonamides is 1. The summed E-state index contributed by atoms with van der Waals surface area (Å²) in [4.78, 5) is 4.38. The number of rotatable bonds is 7. The third-order valence-electron chi connectivity index (χ3n) is 5.64. The maximum Gasteiger partial charge on any atom is 0.573 e. The zero-order chi connectivity index (χ0) is 23.6. The first-order valence-electron chi connectivity index (χ1n) is 10.6. The van der Waals surface area contributed by atoms with Crippen molar-refractivity contribution in [3.05, 3.63) is 59.8 Å². The Kier molecular flexibility index (Phi) is 6.53. The number of nitrogens with zero attached hydrogens (tertiary/aromatic N) is 2. The first-order chi connectivity index (χ1) is 15.6. The minimum atomic E-state index is -4.84. The lowest BCUT2D eigenvalue weighted by molar-refractivity contribution is -0.274. The lowest BCUT2D eigenvalue weighted by Gasteiger charge is -2.29. The van der Waals surface area contributed by atoms with Crippen LogP contribution < -0.4 is 15.8 Å². The molecule has 4 rings (SSSR count). The van der Waals surface area contributed by atoms with E-state index in [1.165, 1.54) is 17.1 Å². The van der Waals surface area contributed by atoms with Gasteiger partial charge in [0.25, 0.3) is 0 Å². The Morgan fingerprint density at radius 1 is 1.24 bits per heavy atom. The molecule has 1 aromatic carbocycles. The van der Waals surface area contributed by atoms with Crippen LogP contribution in [0, 0.1) is 5.92 Å². The van der Waals surface area contributed by atoms with E-state index in [0.717, 1.165) is 42.1 Å². The summed E-state index contributed by atoms with van der Waals surface area (Å²) >= 11 is 0. The van der Waals surface area contributed by atoms with Gasteiger partial charge in [-0.2, -0.15) is 4.31 Å². The van der Waals surface area contributed by atoms with Gasteiger partial charge < -0.3 is 15.8 Å². The number of hydrogen-bond donors (Lipinski definition) is 2. The highest BCUT2D eigenvalue weighted by Crippen LogP contribution is 2.29. The SMILES string of the molecule is NC(=NCC1CC1)C1C=CC=C(C2=CCN(S(=O)(=O)c3ccc(OC(F)(F)F)cc3)CC2)N1. The fourth-order valence-electron chi connectivity index (χ4n) is 3.61. The number of amidine groups is 1. The van der Waals surface area contributed by atoms with E-state index in [1.54, 1.807) is 0 Å². The van der Waals surface area contributed by atoms with Gasteiger partial charge >= 0.3 is 6.36 Å². The minimum absolute atomic E-state index is 0.0912. The molecule has 0 bridgehead atoms. The zero-order valence-corrected chi connectivity index (χ0v) is 18.6. The summed E-state index contributed by atoms with van der Waals surface area (Å²) in [5, 5.41) is 3.35. The molecule has 0 spiro atoms. The molecule has 0 amide bonds. The lowest BCUT2D eigenvalue weighted by atomic mass is 10.0. The van der Waals surface area contributed by atoms with E-state index in [0.29, 0.717) is 18.2 Å². The molecule has 1 unspecified atom stereocenters. The van der Waals surface area contributed by atoms with E-state index in [2.05, 4.69) is 15.0 Å². The monoisotopic (exact) mass is 482 g/mol. The molecule has 1 aliphatic carbocycles. The number of benzene rings is 1. The van der Waals surface area contributed by atoms with E-state index in [4.69, 9.17) is 5.73 Å². The molecule has 1 saturated carbocycles. The molecule has 2 heterocycles. The number of alkyl halides is 3. The Morgan fingerprint density at radius 3 is 2.58 bits per heavy atom. The van der Waals surface area contributed by atoms with Gasteiger partial charge in [0.05, 0.1) is 4.90 Å². The Morgan fingerprint density at radius 2 is 1.97 bits per heavy atom. The fraction of sp³-hybridized carbons (Fsp3) is 0.409. The molecule has 11 heteroatoms.